The van der Waals surface area contributed by atoms with Crippen LogP contribution in [0.4, 0.5) is 0 Å². The van der Waals surface area contributed by atoms with Crippen molar-refractivity contribution in [3.63, 3.8) is 0 Å². The Kier molecular flexibility index (Phi) is 3.08. The fourth-order valence-electron chi connectivity index (χ4n) is 1.77. The van der Waals surface area contributed by atoms with Crippen molar-refractivity contribution in [1.82, 2.24) is 0 Å². The third-order valence-corrected chi connectivity index (χ3v) is 6.90. The van der Waals surface area contributed by atoms with Gasteiger partial charge in [0.15, 0.2) is 0 Å². The van der Waals surface area contributed by atoms with Crippen LogP contribution < -0.4 is 5.30 Å². The minimum Gasteiger partial charge on any atom is -0.0616 e. The molecule has 0 fully saturated rings. The summed E-state index contributed by atoms with van der Waals surface area (Å²) in [6.07, 6.45) is 0. The van der Waals surface area contributed by atoms with Crippen LogP contribution in [0.15, 0.2) is 42.5 Å². The first kappa shape index (κ1) is 11.7. The van der Waals surface area contributed by atoms with Crippen molar-refractivity contribution in [2.75, 3.05) is 6.66 Å². The molecule has 2 rings (SSSR count). The molecule has 0 saturated heterocycles. The highest BCUT2D eigenvalue weighted by Crippen LogP contribution is 2.53. The van der Waals surface area contributed by atoms with Gasteiger partial charge in [-0.05, 0) is 43.9 Å². The molecule has 0 nitrogen and oxygen atoms in total. The molecule has 0 saturated carbocycles. The van der Waals surface area contributed by atoms with E-state index < -0.39 is 7.14 Å². The molecular formula is C14H17BP+. The Bertz CT molecular complexity index is 503. The van der Waals surface area contributed by atoms with Gasteiger partial charge in [0, 0.05) is 6.66 Å². The Hall–Kier alpha value is -0.805. The van der Waals surface area contributed by atoms with E-state index in [9.17, 15) is 0 Å². The van der Waals surface area contributed by atoms with Gasteiger partial charge in [-0.2, -0.15) is 0 Å². The van der Waals surface area contributed by atoms with Crippen LogP contribution >= 0.6 is 7.14 Å². The van der Waals surface area contributed by atoms with Crippen LogP contribution in [0.3, 0.4) is 0 Å². The zero-order valence-electron chi connectivity index (χ0n) is 10.1. The predicted octanol–water partition coefficient (Wildman–Crippen LogP) is 3.60. The smallest absolute Gasteiger partial charge is 0.0616 e. The summed E-state index contributed by atoms with van der Waals surface area (Å²) in [4.78, 5) is 0. The van der Waals surface area contributed by atoms with E-state index in [0.717, 1.165) is 0 Å². The topological polar surface area (TPSA) is 0 Å². The molecular weight excluding hydrogens is 210 g/mol. The van der Waals surface area contributed by atoms with Gasteiger partial charge in [0.05, 0.1) is 11.0 Å². The quantitative estimate of drug-likeness (QED) is 0.543. The minimum atomic E-state index is -1.47. The first-order chi connectivity index (χ1) is 7.51. The number of hydrogen-bond acceptors (Lipinski definition) is 0. The normalized spacial score (nSPS) is 15.2. The highest BCUT2D eigenvalue weighted by Gasteiger charge is 2.32. The molecule has 1 atom stereocenters. The molecule has 16 heavy (non-hydrogen) atoms. The second-order valence-corrected chi connectivity index (χ2v) is 8.62. The van der Waals surface area contributed by atoms with Crippen molar-refractivity contribution < 1.29 is 0 Å². The molecule has 1 unspecified atom stereocenters. The van der Waals surface area contributed by atoms with Gasteiger partial charge in [-0.1, -0.05) is 30.3 Å². The second kappa shape index (κ2) is 4.22. The van der Waals surface area contributed by atoms with Gasteiger partial charge in [0.2, 0.25) is 0 Å². The fraction of sp³-hybridized carbons (Fsp3) is 0.286. The molecule has 0 aliphatic rings. The number of benzene rings is 2. The van der Waals surface area contributed by atoms with Gasteiger partial charge in [-0.15, -0.1) is 0 Å². The molecule has 2 aromatic carbocycles. The maximum Gasteiger partial charge on any atom is 0.371 e. The van der Waals surface area contributed by atoms with E-state index in [-0.39, 0.29) is 0 Å². The summed E-state index contributed by atoms with van der Waals surface area (Å²) in [6.45, 7) is 6.63. The van der Waals surface area contributed by atoms with Crippen LogP contribution in [0.1, 0.15) is 13.8 Å². The largest absolute Gasteiger partial charge is 0.371 e. The van der Waals surface area contributed by atoms with Gasteiger partial charge >= 0.3 is 7.57 Å². The molecule has 0 aliphatic heterocycles. The summed E-state index contributed by atoms with van der Waals surface area (Å²) in [7, 11) is 5.01. The third-order valence-electron chi connectivity index (χ3n) is 3.36. The van der Waals surface area contributed by atoms with E-state index in [0.29, 0.717) is 5.66 Å². The van der Waals surface area contributed by atoms with Gasteiger partial charge in [0.1, 0.15) is 0 Å². The Morgan fingerprint density at radius 1 is 1.00 bits per heavy atom. The Labute approximate surface area is 99.8 Å². The molecule has 2 radical (unpaired) electrons. The number of hydrogen-bond donors (Lipinski definition) is 0. The van der Waals surface area contributed by atoms with Gasteiger partial charge in [0.25, 0.3) is 0 Å². The lowest BCUT2D eigenvalue weighted by atomic mass is 10.1. The van der Waals surface area contributed by atoms with E-state index in [1.807, 2.05) is 0 Å². The molecule has 0 aliphatic carbocycles. The molecule has 2 aromatic rings. The summed E-state index contributed by atoms with van der Waals surface area (Å²) in [5.74, 6) is 0. The van der Waals surface area contributed by atoms with Crippen molar-refractivity contribution in [2.24, 2.45) is 0 Å². The van der Waals surface area contributed by atoms with Crippen molar-refractivity contribution in [3.05, 3.63) is 42.5 Å². The van der Waals surface area contributed by atoms with Crippen LogP contribution in [0.25, 0.3) is 10.8 Å². The van der Waals surface area contributed by atoms with Crippen LogP contribution in [0.5, 0.6) is 0 Å². The van der Waals surface area contributed by atoms with Crippen LogP contribution in [0.2, 0.25) is 0 Å². The third kappa shape index (κ3) is 2.02. The van der Waals surface area contributed by atoms with Crippen LogP contribution in [-0.2, 0) is 0 Å². The Balaban J connectivity index is 2.55. The Morgan fingerprint density at radius 3 is 2.25 bits per heavy atom. The van der Waals surface area contributed by atoms with Gasteiger partial charge < -0.3 is 0 Å². The summed E-state index contributed by atoms with van der Waals surface area (Å²) in [5.41, 5.74) is 0.536. The van der Waals surface area contributed by atoms with E-state index in [2.05, 4.69) is 63.0 Å². The molecule has 0 aromatic heterocycles. The summed E-state index contributed by atoms with van der Waals surface area (Å²) < 4.78 is 0. The standard InChI is InChI=1S/C14H17BP/c1-11(2)16(3,15)14-9-8-12-6-4-5-7-13(12)10-14/h4-11H,1-3H3/q+1. The van der Waals surface area contributed by atoms with Crippen LogP contribution in [-0.4, -0.2) is 19.9 Å². The summed E-state index contributed by atoms with van der Waals surface area (Å²) in [5, 5.41) is 3.90. The number of fused-ring (bicyclic) bond motifs is 1. The lowest BCUT2D eigenvalue weighted by Crippen LogP contribution is -2.17. The zero-order chi connectivity index (χ0) is 11.8. The highest BCUT2D eigenvalue weighted by atomic mass is 31.2. The average molecular weight is 227 g/mol. The minimum absolute atomic E-state index is 0.536. The number of rotatable bonds is 2. The maximum absolute atomic E-state index is 6.48. The van der Waals surface area contributed by atoms with E-state index >= 15 is 0 Å². The van der Waals surface area contributed by atoms with Crippen LogP contribution in [0, 0.1) is 0 Å². The molecule has 2 heteroatoms. The molecule has 0 bridgehead atoms. The molecule has 0 spiro atoms. The maximum atomic E-state index is 6.48. The SMILES string of the molecule is [B][P+](C)(c1ccc2ccccc2c1)C(C)C. The van der Waals surface area contributed by atoms with Crippen molar-refractivity contribution in [1.29, 1.82) is 0 Å². The second-order valence-electron chi connectivity index (χ2n) is 4.77. The zero-order valence-corrected chi connectivity index (χ0v) is 11.0. The molecule has 0 N–H and O–H groups in total. The van der Waals surface area contributed by atoms with Crippen molar-refractivity contribution >= 4 is 30.8 Å². The lowest BCUT2D eigenvalue weighted by molar-refractivity contribution is 1.09. The van der Waals surface area contributed by atoms with E-state index in [1.165, 1.54) is 16.1 Å². The first-order valence-corrected chi connectivity index (χ1v) is 8.03. The highest BCUT2D eigenvalue weighted by molar-refractivity contribution is 8.03. The molecule has 0 heterocycles. The van der Waals surface area contributed by atoms with E-state index in [1.54, 1.807) is 0 Å². The summed E-state index contributed by atoms with van der Waals surface area (Å²) in [6, 6.07) is 15.1. The fourth-order valence-corrected chi connectivity index (χ4v) is 3.18. The lowest BCUT2D eigenvalue weighted by Gasteiger charge is -2.23. The van der Waals surface area contributed by atoms with Gasteiger partial charge in [-0.3, -0.25) is 0 Å². The average Bonchev–Trinajstić information content (AvgIpc) is 2.28. The van der Waals surface area contributed by atoms with Gasteiger partial charge in [-0.25, -0.2) is 0 Å². The molecule has 0 amide bonds. The Morgan fingerprint density at radius 2 is 1.62 bits per heavy atom. The molecule has 80 valence electrons. The first-order valence-electron chi connectivity index (χ1n) is 5.66. The predicted molar refractivity (Wildman–Crippen MR) is 77.3 cm³/mol. The van der Waals surface area contributed by atoms with Crippen molar-refractivity contribution in [2.45, 2.75) is 19.5 Å². The summed E-state index contributed by atoms with van der Waals surface area (Å²) >= 11 is 0. The van der Waals surface area contributed by atoms with Crippen molar-refractivity contribution in [3.8, 4) is 0 Å². The monoisotopic (exact) mass is 227 g/mol. The van der Waals surface area contributed by atoms with E-state index in [4.69, 9.17) is 7.57 Å².